The van der Waals surface area contributed by atoms with Crippen molar-refractivity contribution in [3.8, 4) is 0 Å². The highest BCUT2D eigenvalue weighted by molar-refractivity contribution is 5.97. The smallest absolute Gasteiger partial charge is 0.266 e. The van der Waals surface area contributed by atoms with Crippen molar-refractivity contribution in [1.29, 1.82) is 0 Å². The van der Waals surface area contributed by atoms with E-state index in [1.165, 1.54) is 0 Å². The first-order valence-corrected chi connectivity index (χ1v) is 7.84. The summed E-state index contributed by atoms with van der Waals surface area (Å²) in [5.74, 6) is 0. The van der Waals surface area contributed by atoms with E-state index in [2.05, 4.69) is 10.5 Å². The number of hydrazone groups is 1. The molecular formula is C16H17F3N4O4. The number of benzene rings is 1. The van der Waals surface area contributed by atoms with Crippen LogP contribution in [-0.2, 0) is 6.18 Å². The normalized spacial score (nSPS) is 18.1. The van der Waals surface area contributed by atoms with Crippen LogP contribution in [0.25, 0.3) is 0 Å². The third kappa shape index (κ3) is 4.80. The van der Waals surface area contributed by atoms with Crippen LogP contribution >= 0.6 is 0 Å². The summed E-state index contributed by atoms with van der Waals surface area (Å²) in [6.07, 6.45) is -1.92. The molecule has 0 aliphatic heterocycles. The third-order valence-electron chi connectivity index (χ3n) is 3.96. The first kappa shape index (κ1) is 20.3. The Morgan fingerprint density at radius 3 is 2.04 bits per heavy atom. The van der Waals surface area contributed by atoms with Crippen LogP contribution < -0.4 is 5.43 Å². The zero-order valence-corrected chi connectivity index (χ0v) is 14.8. The van der Waals surface area contributed by atoms with E-state index in [1.807, 2.05) is 20.8 Å². The molecule has 1 N–H and O–H groups in total. The van der Waals surface area contributed by atoms with Crippen molar-refractivity contribution >= 4 is 22.8 Å². The number of hydrogen-bond acceptors (Lipinski definition) is 6. The number of nitro groups is 2. The molecule has 0 atom stereocenters. The standard InChI is InChI=1S/C16H17F3N4O4/c1-9-4-11(8-15(2,3)7-9)20-21-14-12(22(24)25)5-10(16(17,18)19)6-13(14)23(26)27/h4-6,21H,7-8H2,1-3H3/b20-11-. The number of nitrogens with one attached hydrogen (secondary N) is 1. The number of hydrogen-bond donors (Lipinski definition) is 1. The molecule has 1 aromatic rings. The van der Waals surface area contributed by atoms with Crippen LogP contribution in [0.1, 0.15) is 39.2 Å². The number of nitro benzene ring substituents is 2. The van der Waals surface area contributed by atoms with Gasteiger partial charge in [0.1, 0.15) is 0 Å². The quantitative estimate of drug-likeness (QED) is 0.575. The first-order chi connectivity index (χ1) is 12.3. The number of alkyl halides is 3. The fourth-order valence-electron chi connectivity index (χ4n) is 3.07. The van der Waals surface area contributed by atoms with Gasteiger partial charge in [-0.25, -0.2) is 0 Å². The highest BCUT2D eigenvalue weighted by Crippen LogP contribution is 2.41. The molecule has 2 rings (SSSR count). The number of anilines is 1. The molecule has 0 saturated heterocycles. The zero-order valence-electron chi connectivity index (χ0n) is 14.8. The van der Waals surface area contributed by atoms with Gasteiger partial charge < -0.3 is 0 Å². The lowest BCUT2D eigenvalue weighted by atomic mass is 9.77. The highest BCUT2D eigenvalue weighted by Gasteiger charge is 2.37. The van der Waals surface area contributed by atoms with E-state index in [1.54, 1.807) is 6.08 Å². The molecule has 0 heterocycles. The molecule has 11 heteroatoms. The summed E-state index contributed by atoms with van der Waals surface area (Å²) >= 11 is 0. The SMILES string of the molecule is CC1=C/C(=N/Nc2c([N+](=O)[O-])cc(C(F)(F)F)cc2[N+](=O)[O-])CC(C)(C)C1. The Kier molecular flexibility index (Phi) is 5.25. The van der Waals surface area contributed by atoms with Gasteiger partial charge in [0.25, 0.3) is 0 Å². The maximum Gasteiger partial charge on any atom is 0.416 e. The lowest BCUT2D eigenvalue weighted by Crippen LogP contribution is -2.22. The molecule has 1 aromatic carbocycles. The molecule has 0 aromatic heterocycles. The predicted octanol–water partition coefficient (Wildman–Crippen LogP) is 5.06. The van der Waals surface area contributed by atoms with E-state index in [9.17, 15) is 33.4 Å². The van der Waals surface area contributed by atoms with E-state index in [0.717, 1.165) is 12.0 Å². The van der Waals surface area contributed by atoms with Gasteiger partial charge in [-0.15, -0.1) is 0 Å². The Bertz CT molecular complexity index is 825. The van der Waals surface area contributed by atoms with Crippen molar-refractivity contribution in [2.45, 2.75) is 39.8 Å². The van der Waals surface area contributed by atoms with Crippen LogP contribution in [-0.4, -0.2) is 15.6 Å². The maximum atomic E-state index is 12.9. The minimum Gasteiger partial charge on any atom is -0.266 e. The molecule has 1 aliphatic carbocycles. The van der Waals surface area contributed by atoms with Crippen molar-refractivity contribution in [3.05, 3.63) is 49.6 Å². The van der Waals surface area contributed by atoms with Gasteiger partial charge in [-0.05, 0) is 31.3 Å². The van der Waals surface area contributed by atoms with Crippen molar-refractivity contribution in [2.24, 2.45) is 10.5 Å². The van der Waals surface area contributed by atoms with Gasteiger partial charge in [0.2, 0.25) is 5.69 Å². The van der Waals surface area contributed by atoms with E-state index < -0.39 is 38.6 Å². The molecule has 0 saturated carbocycles. The predicted molar refractivity (Wildman–Crippen MR) is 92.6 cm³/mol. The van der Waals surface area contributed by atoms with E-state index in [-0.39, 0.29) is 17.5 Å². The Morgan fingerprint density at radius 2 is 1.63 bits per heavy atom. The monoisotopic (exact) mass is 386 g/mol. The van der Waals surface area contributed by atoms with Gasteiger partial charge in [-0.2, -0.15) is 18.3 Å². The Hall–Kier alpha value is -2.98. The van der Waals surface area contributed by atoms with Crippen molar-refractivity contribution in [3.63, 3.8) is 0 Å². The van der Waals surface area contributed by atoms with Gasteiger partial charge >= 0.3 is 17.6 Å². The second kappa shape index (κ2) is 6.97. The molecule has 0 spiro atoms. The summed E-state index contributed by atoms with van der Waals surface area (Å²) in [4.78, 5) is 20.2. The van der Waals surface area contributed by atoms with Crippen LogP contribution in [0.15, 0.2) is 28.9 Å². The summed E-state index contributed by atoms with van der Waals surface area (Å²) in [6.45, 7) is 5.85. The van der Waals surface area contributed by atoms with Gasteiger partial charge in [0.15, 0.2) is 0 Å². The number of allylic oxidation sites excluding steroid dienone is 2. The maximum absolute atomic E-state index is 12.9. The zero-order chi connectivity index (χ0) is 20.6. The van der Waals surface area contributed by atoms with Gasteiger partial charge in [0, 0.05) is 12.1 Å². The van der Waals surface area contributed by atoms with Crippen molar-refractivity contribution in [2.75, 3.05) is 5.43 Å². The molecule has 146 valence electrons. The molecule has 0 fully saturated rings. The molecular weight excluding hydrogens is 369 g/mol. The van der Waals surface area contributed by atoms with Crippen LogP contribution in [0.3, 0.4) is 0 Å². The number of halogens is 3. The molecule has 27 heavy (non-hydrogen) atoms. The summed E-state index contributed by atoms with van der Waals surface area (Å²) in [6, 6.07) is 0.503. The topological polar surface area (TPSA) is 111 Å². The third-order valence-corrected chi connectivity index (χ3v) is 3.96. The molecule has 0 unspecified atom stereocenters. The Morgan fingerprint density at radius 1 is 1.11 bits per heavy atom. The van der Waals surface area contributed by atoms with E-state index in [0.29, 0.717) is 12.1 Å². The minimum absolute atomic E-state index is 0.128. The highest BCUT2D eigenvalue weighted by atomic mass is 19.4. The van der Waals surface area contributed by atoms with Crippen molar-refractivity contribution in [1.82, 2.24) is 0 Å². The summed E-state index contributed by atoms with van der Waals surface area (Å²) in [7, 11) is 0. The fourth-order valence-corrected chi connectivity index (χ4v) is 3.07. The number of rotatable bonds is 4. The Balaban J connectivity index is 2.55. The molecule has 0 bridgehead atoms. The van der Waals surface area contributed by atoms with Crippen LogP contribution in [0.4, 0.5) is 30.2 Å². The van der Waals surface area contributed by atoms with Gasteiger partial charge in [-0.3, -0.25) is 25.7 Å². The summed E-state index contributed by atoms with van der Waals surface area (Å²) < 4.78 is 38.7. The lowest BCUT2D eigenvalue weighted by Gasteiger charge is -2.29. The minimum atomic E-state index is -4.97. The van der Waals surface area contributed by atoms with Gasteiger partial charge in [0.05, 0.1) is 21.1 Å². The largest absolute Gasteiger partial charge is 0.416 e. The van der Waals surface area contributed by atoms with Crippen LogP contribution in [0, 0.1) is 25.6 Å². The average Bonchev–Trinajstić information content (AvgIpc) is 2.48. The fraction of sp³-hybridized carbons (Fsp3) is 0.438. The van der Waals surface area contributed by atoms with Crippen LogP contribution in [0.2, 0.25) is 0 Å². The summed E-state index contributed by atoms with van der Waals surface area (Å²) in [5.41, 5.74) is -0.706. The van der Waals surface area contributed by atoms with Gasteiger partial charge in [-0.1, -0.05) is 19.4 Å². The van der Waals surface area contributed by atoms with Crippen LogP contribution in [0.5, 0.6) is 0 Å². The molecule has 8 nitrogen and oxygen atoms in total. The molecule has 0 amide bonds. The van der Waals surface area contributed by atoms with E-state index >= 15 is 0 Å². The van der Waals surface area contributed by atoms with E-state index in [4.69, 9.17) is 0 Å². The molecule has 0 radical (unpaired) electrons. The summed E-state index contributed by atoms with van der Waals surface area (Å²) in [5, 5.41) is 26.4. The molecule has 1 aliphatic rings. The second-order valence-electron chi connectivity index (χ2n) is 7.12. The average molecular weight is 386 g/mol. The number of nitrogens with zero attached hydrogens (tertiary/aromatic N) is 3. The first-order valence-electron chi connectivity index (χ1n) is 7.84. The van der Waals surface area contributed by atoms with Crippen molar-refractivity contribution < 1.29 is 23.0 Å². The Labute approximate surface area is 152 Å². The lowest BCUT2D eigenvalue weighted by molar-refractivity contribution is -0.392. The second-order valence-corrected chi connectivity index (χ2v) is 7.12.